The first-order valence-electron chi connectivity index (χ1n) is 7.98. The number of nitrogens with zero attached hydrogens (tertiary/aromatic N) is 2. The van der Waals surface area contributed by atoms with Gasteiger partial charge in [0.05, 0.1) is 18.7 Å². The first-order valence-corrected chi connectivity index (χ1v) is 7.98. The van der Waals surface area contributed by atoms with Crippen molar-refractivity contribution in [2.24, 2.45) is 5.92 Å². The van der Waals surface area contributed by atoms with Crippen LogP contribution in [0.25, 0.3) is 0 Å². The highest BCUT2D eigenvalue weighted by Crippen LogP contribution is 2.44. The lowest BCUT2D eigenvalue weighted by atomic mass is 9.95. The van der Waals surface area contributed by atoms with Gasteiger partial charge in [-0.1, -0.05) is 12.8 Å². The summed E-state index contributed by atoms with van der Waals surface area (Å²) in [4.78, 5) is 2.42. The number of nitrogens with one attached hydrogen (secondary N) is 1. The number of methoxy groups -OCH3 is 1. The van der Waals surface area contributed by atoms with Gasteiger partial charge in [0, 0.05) is 43.9 Å². The van der Waals surface area contributed by atoms with E-state index in [9.17, 15) is 10.4 Å². The number of hydrogen-bond acceptors (Lipinski definition) is 5. The molecule has 0 amide bonds. The fourth-order valence-electron chi connectivity index (χ4n) is 3.24. The molecule has 1 heterocycles. The van der Waals surface area contributed by atoms with E-state index in [1.807, 2.05) is 6.07 Å². The van der Waals surface area contributed by atoms with Crippen molar-refractivity contribution in [2.45, 2.75) is 25.3 Å². The van der Waals surface area contributed by atoms with E-state index in [0.29, 0.717) is 11.3 Å². The van der Waals surface area contributed by atoms with Crippen LogP contribution >= 0.6 is 24.8 Å². The molecule has 1 saturated heterocycles. The molecule has 134 valence electrons. The molecule has 1 aromatic carbocycles. The van der Waals surface area contributed by atoms with Gasteiger partial charge < -0.3 is 15.2 Å². The summed E-state index contributed by atoms with van der Waals surface area (Å²) in [5.74, 6) is 1.33. The van der Waals surface area contributed by atoms with E-state index < -0.39 is 0 Å². The van der Waals surface area contributed by atoms with Crippen LogP contribution in [-0.4, -0.2) is 43.3 Å². The van der Waals surface area contributed by atoms with Crippen molar-refractivity contribution in [3.8, 4) is 17.6 Å². The summed E-state index contributed by atoms with van der Waals surface area (Å²) >= 11 is 0. The summed E-state index contributed by atoms with van der Waals surface area (Å²) in [5.41, 5.74) is 1.38. The number of hydrogen-bond donors (Lipinski definition) is 2. The number of piperazine rings is 1. The molecule has 5 nitrogen and oxygen atoms in total. The van der Waals surface area contributed by atoms with Crippen LogP contribution in [0.1, 0.15) is 36.4 Å². The Labute approximate surface area is 155 Å². The zero-order valence-electron chi connectivity index (χ0n) is 13.8. The third-order valence-corrected chi connectivity index (χ3v) is 4.66. The van der Waals surface area contributed by atoms with Crippen LogP contribution in [-0.2, 0) is 0 Å². The minimum absolute atomic E-state index is 0. The van der Waals surface area contributed by atoms with Crippen LogP contribution in [0, 0.1) is 17.2 Å². The largest absolute Gasteiger partial charge is 0.504 e. The predicted molar refractivity (Wildman–Crippen MR) is 98.4 cm³/mol. The van der Waals surface area contributed by atoms with Gasteiger partial charge in [0.25, 0.3) is 0 Å². The standard InChI is InChI=1S/C17H23N3O2.2ClH/c1-22-16-10-13(11-18)8-14(17(16)21)15(9-12-2-3-12)20-6-4-19-5-7-20;;/h8,10,12,15,19,21H,2-7,9H2,1H3;2*1H/t15-;;/m0../s1. The van der Waals surface area contributed by atoms with E-state index in [4.69, 9.17) is 4.74 Å². The first kappa shape index (κ1) is 20.9. The van der Waals surface area contributed by atoms with Crippen molar-refractivity contribution in [2.75, 3.05) is 33.3 Å². The molecular weight excluding hydrogens is 349 g/mol. The molecule has 0 aromatic heterocycles. The molecule has 0 spiro atoms. The number of phenols is 1. The molecule has 2 aliphatic rings. The second kappa shape index (κ2) is 9.33. The summed E-state index contributed by atoms with van der Waals surface area (Å²) in [6, 6.07) is 5.77. The highest BCUT2D eigenvalue weighted by atomic mass is 35.5. The van der Waals surface area contributed by atoms with Crippen molar-refractivity contribution in [3.63, 3.8) is 0 Å². The van der Waals surface area contributed by atoms with Crippen molar-refractivity contribution >= 4 is 24.8 Å². The van der Waals surface area contributed by atoms with Crippen LogP contribution in [0.2, 0.25) is 0 Å². The fourth-order valence-corrected chi connectivity index (χ4v) is 3.24. The van der Waals surface area contributed by atoms with Crippen molar-refractivity contribution in [3.05, 3.63) is 23.3 Å². The number of ether oxygens (including phenoxy) is 1. The maximum Gasteiger partial charge on any atom is 0.162 e. The smallest absolute Gasteiger partial charge is 0.162 e. The van der Waals surface area contributed by atoms with Gasteiger partial charge >= 0.3 is 0 Å². The van der Waals surface area contributed by atoms with Crippen LogP contribution in [0.4, 0.5) is 0 Å². The van der Waals surface area contributed by atoms with E-state index >= 15 is 0 Å². The SMILES string of the molecule is COc1cc(C#N)cc([C@H](CC2CC2)N2CCNCC2)c1O.Cl.Cl. The molecule has 2 N–H and O–H groups in total. The van der Waals surface area contributed by atoms with Gasteiger partial charge in [0.1, 0.15) is 0 Å². The number of phenolic OH excluding ortho intramolecular Hbond substituents is 1. The van der Waals surface area contributed by atoms with Gasteiger partial charge in [-0.25, -0.2) is 0 Å². The van der Waals surface area contributed by atoms with E-state index in [2.05, 4.69) is 16.3 Å². The first-order chi connectivity index (χ1) is 10.7. The molecule has 1 saturated carbocycles. The Hall–Kier alpha value is -1.19. The zero-order valence-corrected chi connectivity index (χ0v) is 15.5. The van der Waals surface area contributed by atoms with Crippen molar-refractivity contribution < 1.29 is 9.84 Å². The molecule has 1 aromatic rings. The molecule has 24 heavy (non-hydrogen) atoms. The Morgan fingerprint density at radius 3 is 2.54 bits per heavy atom. The van der Waals surface area contributed by atoms with E-state index in [0.717, 1.165) is 44.1 Å². The van der Waals surface area contributed by atoms with E-state index in [1.165, 1.54) is 20.0 Å². The predicted octanol–water partition coefficient (Wildman–Crippen LogP) is 2.86. The molecule has 2 fully saturated rings. The third-order valence-electron chi connectivity index (χ3n) is 4.66. The highest BCUT2D eigenvalue weighted by molar-refractivity contribution is 5.85. The van der Waals surface area contributed by atoms with Gasteiger partial charge in [-0.2, -0.15) is 5.26 Å². The Bertz CT molecular complexity index is 582. The monoisotopic (exact) mass is 373 g/mol. The van der Waals surface area contributed by atoms with Crippen LogP contribution in [0.5, 0.6) is 11.5 Å². The number of rotatable bonds is 5. The normalized spacial score (nSPS) is 18.7. The van der Waals surface area contributed by atoms with Gasteiger partial charge in [0.2, 0.25) is 0 Å². The highest BCUT2D eigenvalue weighted by Gasteiger charge is 2.32. The average molecular weight is 374 g/mol. The number of nitriles is 1. The lowest BCUT2D eigenvalue weighted by molar-refractivity contribution is 0.157. The minimum atomic E-state index is 0. The van der Waals surface area contributed by atoms with Crippen LogP contribution in [0.15, 0.2) is 12.1 Å². The molecule has 1 aliphatic heterocycles. The molecule has 3 rings (SSSR count). The summed E-state index contributed by atoms with van der Waals surface area (Å²) in [6.07, 6.45) is 3.60. The molecule has 0 bridgehead atoms. The Kier molecular flexibility index (Phi) is 8.11. The van der Waals surface area contributed by atoms with Crippen molar-refractivity contribution in [1.82, 2.24) is 10.2 Å². The summed E-state index contributed by atoms with van der Waals surface area (Å²) < 4.78 is 5.25. The zero-order chi connectivity index (χ0) is 15.5. The molecule has 0 unspecified atom stereocenters. The maximum atomic E-state index is 10.6. The summed E-state index contributed by atoms with van der Waals surface area (Å²) in [6.45, 7) is 3.87. The lowest BCUT2D eigenvalue weighted by Crippen LogP contribution is -2.45. The average Bonchev–Trinajstić information content (AvgIpc) is 3.38. The van der Waals surface area contributed by atoms with E-state index in [-0.39, 0.29) is 36.6 Å². The molecule has 0 radical (unpaired) electrons. The van der Waals surface area contributed by atoms with Gasteiger partial charge in [-0.15, -0.1) is 24.8 Å². The maximum absolute atomic E-state index is 10.6. The molecule has 1 aliphatic carbocycles. The van der Waals surface area contributed by atoms with Gasteiger partial charge in [0.15, 0.2) is 11.5 Å². The van der Waals surface area contributed by atoms with E-state index in [1.54, 1.807) is 6.07 Å². The van der Waals surface area contributed by atoms with Gasteiger partial charge in [-0.3, -0.25) is 4.90 Å². The molecule has 7 heteroatoms. The Morgan fingerprint density at radius 2 is 2.00 bits per heavy atom. The van der Waals surface area contributed by atoms with Gasteiger partial charge in [-0.05, 0) is 18.4 Å². The number of halogens is 2. The minimum Gasteiger partial charge on any atom is -0.504 e. The Morgan fingerprint density at radius 1 is 1.33 bits per heavy atom. The lowest BCUT2D eigenvalue weighted by Gasteiger charge is -2.36. The molecular formula is C17H25Cl2N3O2. The molecule has 1 atom stereocenters. The second-order valence-electron chi connectivity index (χ2n) is 6.21. The quantitative estimate of drug-likeness (QED) is 0.830. The topological polar surface area (TPSA) is 68.5 Å². The van der Waals surface area contributed by atoms with Crippen molar-refractivity contribution in [1.29, 1.82) is 5.26 Å². The third kappa shape index (κ3) is 4.67. The fraction of sp³-hybridized carbons (Fsp3) is 0.588. The number of aromatic hydroxyl groups is 1. The number of benzene rings is 1. The summed E-state index contributed by atoms with van der Waals surface area (Å²) in [5, 5.41) is 23.2. The summed E-state index contributed by atoms with van der Waals surface area (Å²) in [7, 11) is 1.53. The second-order valence-corrected chi connectivity index (χ2v) is 6.21. The Balaban J connectivity index is 0.00000144. The van der Waals surface area contributed by atoms with Crippen LogP contribution in [0.3, 0.4) is 0 Å². The van der Waals surface area contributed by atoms with Crippen LogP contribution < -0.4 is 10.1 Å².